The maximum absolute atomic E-state index is 12.7. The van der Waals surface area contributed by atoms with Crippen molar-refractivity contribution in [3.63, 3.8) is 0 Å². The molecule has 6 nitrogen and oxygen atoms in total. The van der Waals surface area contributed by atoms with E-state index in [1.54, 1.807) is 11.0 Å². The minimum atomic E-state index is -0.164. The van der Waals surface area contributed by atoms with Gasteiger partial charge >= 0.3 is 0 Å². The molecule has 0 spiro atoms. The van der Waals surface area contributed by atoms with Crippen LogP contribution in [0.2, 0.25) is 5.02 Å². The van der Waals surface area contributed by atoms with Crippen LogP contribution in [0, 0.1) is 5.92 Å². The third-order valence-corrected chi connectivity index (χ3v) is 6.85. The molecule has 1 unspecified atom stereocenters. The van der Waals surface area contributed by atoms with Crippen LogP contribution in [-0.2, 0) is 9.59 Å². The zero-order chi connectivity index (χ0) is 23.7. The molecule has 3 aromatic carbocycles. The molecule has 2 aliphatic heterocycles. The lowest BCUT2D eigenvalue weighted by atomic mass is 10.1. The Bertz CT molecular complexity index is 1260. The number of carbonyl (C=O) groups is 3. The number of hydrogen-bond donors (Lipinski definition) is 1. The number of amides is 3. The van der Waals surface area contributed by atoms with Crippen molar-refractivity contribution in [3.05, 3.63) is 71.2 Å². The molecule has 0 aliphatic carbocycles. The first-order chi connectivity index (χ1) is 16.5. The van der Waals surface area contributed by atoms with Gasteiger partial charge < -0.3 is 15.1 Å². The fraction of sp³-hybridized carbons (Fsp3) is 0.296. The summed E-state index contributed by atoms with van der Waals surface area (Å²) in [6.07, 6.45) is 2.94. The Morgan fingerprint density at radius 1 is 0.882 bits per heavy atom. The molecular weight excluding hydrogens is 450 g/mol. The molecular formula is C27H26ClN3O3. The van der Waals surface area contributed by atoms with Crippen LogP contribution in [0.4, 0.5) is 11.4 Å². The highest BCUT2D eigenvalue weighted by atomic mass is 35.5. The van der Waals surface area contributed by atoms with E-state index in [1.165, 1.54) is 0 Å². The number of anilines is 2. The van der Waals surface area contributed by atoms with Gasteiger partial charge in [-0.2, -0.15) is 0 Å². The van der Waals surface area contributed by atoms with Gasteiger partial charge in [-0.15, -0.1) is 0 Å². The number of benzene rings is 3. The summed E-state index contributed by atoms with van der Waals surface area (Å²) in [6.45, 7) is 1.72. The summed E-state index contributed by atoms with van der Waals surface area (Å²) in [5, 5.41) is 5.54. The predicted molar refractivity (Wildman–Crippen MR) is 134 cm³/mol. The molecule has 1 N–H and O–H groups in total. The Balaban J connectivity index is 1.20. The van der Waals surface area contributed by atoms with Crippen LogP contribution in [0.3, 0.4) is 0 Å². The number of carbonyl (C=O) groups excluding carboxylic acids is 3. The minimum absolute atomic E-state index is 0.0368. The first kappa shape index (κ1) is 22.4. The maximum Gasteiger partial charge on any atom is 0.251 e. The molecule has 2 aliphatic rings. The molecule has 2 saturated heterocycles. The summed E-state index contributed by atoms with van der Waals surface area (Å²) < 4.78 is 0. The topological polar surface area (TPSA) is 69.7 Å². The lowest BCUT2D eigenvalue weighted by molar-refractivity contribution is -0.119. The highest BCUT2D eigenvalue weighted by molar-refractivity contribution is 6.31. The third kappa shape index (κ3) is 4.64. The van der Waals surface area contributed by atoms with Gasteiger partial charge in [0.25, 0.3) is 5.91 Å². The van der Waals surface area contributed by atoms with E-state index in [2.05, 4.69) is 5.32 Å². The van der Waals surface area contributed by atoms with Crippen molar-refractivity contribution < 1.29 is 14.4 Å². The Kier molecular flexibility index (Phi) is 6.24. The summed E-state index contributed by atoms with van der Waals surface area (Å²) in [7, 11) is 0. The monoisotopic (exact) mass is 475 g/mol. The summed E-state index contributed by atoms with van der Waals surface area (Å²) >= 11 is 6.08. The Morgan fingerprint density at radius 2 is 1.62 bits per heavy atom. The number of halogens is 1. The van der Waals surface area contributed by atoms with Gasteiger partial charge in [0.2, 0.25) is 11.8 Å². The van der Waals surface area contributed by atoms with E-state index in [0.717, 1.165) is 41.5 Å². The first-order valence-electron chi connectivity index (χ1n) is 11.7. The normalized spacial score (nSPS) is 18.6. The van der Waals surface area contributed by atoms with Crippen molar-refractivity contribution in [2.45, 2.75) is 25.7 Å². The summed E-state index contributed by atoms with van der Waals surface area (Å²) in [5.41, 5.74) is 2.26. The fourth-order valence-corrected chi connectivity index (χ4v) is 4.94. The molecule has 0 saturated carbocycles. The minimum Gasteiger partial charge on any atom is -0.352 e. The van der Waals surface area contributed by atoms with Crippen molar-refractivity contribution >= 4 is 51.5 Å². The van der Waals surface area contributed by atoms with E-state index >= 15 is 0 Å². The second kappa shape index (κ2) is 9.47. The molecule has 3 aromatic rings. The van der Waals surface area contributed by atoms with Gasteiger partial charge in [0.05, 0.1) is 0 Å². The molecule has 7 heteroatoms. The molecule has 0 aromatic heterocycles. The summed E-state index contributed by atoms with van der Waals surface area (Å²) in [4.78, 5) is 41.1. The number of nitrogens with one attached hydrogen (secondary N) is 1. The SMILES string of the molecule is O=C(NCC1CC(=O)N(c2ccc(N3CCCCC3=O)cc2)C1)c1ccc2ccc(Cl)cc2c1. The number of hydrogen-bond acceptors (Lipinski definition) is 3. The van der Waals surface area contributed by atoms with Crippen molar-refractivity contribution in [2.75, 3.05) is 29.4 Å². The number of piperidine rings is 1. The van der Waals surface area contributed by atoms with Crippen molar-refractivity contribution in [3.8, 4) is 0 Å². The number of fused-ring (bicyclic) bond motifs is 1. The van der Waals surface area contributed by atoms with Gasteiger partial charge in [-0.25, -0.2) is 0 Å². The van der Waals surface area contributed by atoms with E-state index in [1.807, 2.05) is 59.5 Å². The van der Waals surface area contributed by atoms with Crippen LogP contribution in [-0.4, -0.2) is 37.4 Å². The van der Waals surface area contributed by atoms with E-state index in [9.17, 15) is 14.4 Å². The first-order valence-corrected chi connectivity index (χ1v) is 12.0. The number of nitrogens with zero attached hydrogens (tertiary/aromatic N) is 2. The van der Waals surface area contributed by atoms with Crippen LogP contribution >= 0.6 is 11.6 Å². The van der Waals surface area contributed by atoms with Crippen LogP contribution in [0.15, 0.2) is 60.7 Å². The summed E-state index contributed by atoms with van der Waals surface area (Å²) in [5.74, 6) is 0.0704. The molecule has 5 rings (SSSR count). The van der Waals surface area contributed by atoms with Crippen LogP contribution < -0.4 is 15.1 Å². The number of rotatable bonds is 5. The average Bonchev–Trinajstić information content (AvgIpc) is 3.23. The second-order valence-corrected chi connectivity index (χ2v) is 9.45. The highest BCUT2D eigenvalue weighted by Crippen LogP contribution is 2.28. The van der Waals surface area contributed by atoms with Gasteiger partial charge in [0, 0.05) is 60.4 Å². The molecule has 0 radical (unpaired) electrons. The van der Waals surface area contributed by atoms with Crippen LogP contribution in [0.25, 0.3) is 10.8 Å². The van der Waals surface area contributed by atoms with E-state index in [0.29, 0.717) is 36.5 Å². The van der Waals surface area contributed by atoms with Gasteiger partial charge in [0.1, 0.15) is 0 Å². The lowest BCUT2D eigenvalue weighted by Gasteiger charge is -2.27. The maximum atomic E-state index is 12.7. The Labute approximate surface area is 203 Å². The molecule has 1 atom stereocenters. The van der Waals surface area contributed by atoms with Gasteiger partial charge in [-0.1, -0.05) is 23.7 Å². The Hall–Kier alpha value is -3.38. The van der Waals surface area contributed by atoms with Gasteiger partial charge in [-0.3, -0.25) is 14.4 Å². The van der Waals surface area contributed by atoms with E-state index in [-0.39, 0.29) is 23.6 Å². The predicted octanol–water partition coefficient (Wildman–Crippen LogP) is 4.79. The lowest BCUT2D eigenvalue weighted by Crippen LogP contribution is -2.35. The van der Waals surface area contributed by atoms with Crippen molar-refractivity contribution in [2.24, 2.45) is 5.92 Å². The quantitative estimate of drug-likeness (QED) is 0.576. The largest absolute Gasteiger partial charge is 0.352 e. The van der Waals surface area contributed by atoms with Crippen molar-refractivity contribution in [1.29, 1.82) is 0 Å². The average molecular weight is 476 g/mol. The standard InChI is InChI=1S/C27H26ClN3O3/c28-22-7-6-19-4-5-20(14-21(19)15-22)27(34)29-16-18-13-26(33)31(17-18)24-10-8-23(9-11-24)30-12-2-1-3-25(30)32/h4-11,14-15,18H,1-3,12-13,16-17H2,(H,29,34). The van der Waals surface area contributed by atoms with Crippen LogP contribution in [0.1, 0.15) is 36.0 Å². The Morgan fingerprint density at radius 3 is 2.38 bits per heavy atom. The molecule has 174 valence electrons. The second-order valence-electron chi connectivity index (χ2n) is 9.01. The molecule has 3 amide bonds. The third-order valence-electron chi connectivity index (χ3n) is 6.62. The highest BCUT2D eigenvalue weighted by Gasteiger charge is 2.31. The molecule has 2 fully saturated rings. The zero-order valence-electron chi connectivity index (χ0n) is 18.8. The van der Waals surface area contributed by atoms with E-state index < -0.39 is 0 Å². The van der Waals surface area contributed by atoms with Gasteiger partial charge in [0.15, 0.2) is 0 Å². The van der Waals surface area contributed by atoms with Gasteiger partial charge in [-0.05, 0) is 72.1 Å². The fourth-order valence-electron chi connectivity index (χ4n) is 4.76. The summed E-state index contributed by atoms with van der Waals surface area (Å²) in [6, 6.07) is 18.7. The van der Waals surface area contributed by atoms with Crippen LogP contribution in [0.5, 0.6) is 0 Å². The molecule has 0 bridgehead atoms. The zero-order valence-corrected chi connectivity index (χ0v) is 19.6. The van der Waals surface area contributed by atoms with E-state index in [4.69, 9.17) is 11.6 Å². The molecule has 34 heavy (non-hydrogen) atoms. The van der Waals surface area contributed by atoms with Crippen molar-refractivity contribution in [1.82, 2.24) is 5.32 Å². The smallest absolute Gasteiger partial charge is 0.251 e. The molecule has 2 heterocycles.